The number of hydrogen-bond acceptors (Lipinski definition) is 5. The van der Waals surface area contributed by atoms with Gasteiger partial charge in [-0.1, -0.05) is 31.5 Å². The van der Waals surface area contributed by atoms with Gasteiger partial charge in [0.2, 0.25) is 17.7 Å². The van der Waals surface area contributed by atoms with Crippen molar-refractivity contribution in [3.63, 3.8) is 0 Å². The normalized spacial score (nSPS) is 32.2. The molecule has 180 valence electrons. The largest absolute Gasteiger partial charge is 0.396 e. The van der Waals surface area contributed by atoms with Gasteiger partial charge in [0.15, 0.2) is 0 Å². The highest BCUT2D eigenvalue weighted by Crippen LogP contribution is 2.71. The third-order valence-corrected chi connectivity index (χ3v) is 9.47. The lowest BCUT2D eigenvalue weighted by Gasteiger charge is -2.34. The average Bonchev–Trinajstić information content (AvgIpc) is 3.36. The number of likely N-dealkylation sites (tertiary alicyclic amines) is 1. The number of para-hydroxylation sites is 1. The van der Waals surface area contributed by atoms with Crippen LogP contribution in [0.5, 0.6) is 0 Å². The fourth-order valence-corrected chi connectivity index (χ4v) is 8.34. The molecule has 5 atom stereocenters. The first kappa shape index (κ1) is 24.1. The lowest BCUT2D eigenvalue weighted by Crippen LogP contribution is -2.54. The van der Waals surface area contributed by atoms with Crippen LogP contribution in [0.4, 0.5) is 5.69 Å². The van der Waals surface area contributed by atoms with Crippen LogP contribution in [-0.4, -0.2) is 63.0 Å². The van der Waals surface area contributed by atoms with E-state index in [2.05, 4.69) is 24.5 Å². The van der Waals surface area contributed by atoms with Crippen LogP contribution in [0.3, 0.4) is 0 Å². The summed E-state index contributed by atoms with van der Waals surface area (Å²) in [6, 6.07) is 8.75. The van der Waals surface area contributed by atoms with Crippen molar-refractivity contribution in [2.24, 2.45) is 11.8 Å². The summed E-state index contributed by atoms with van der Waals surface area (Å²) < 4.78 is -0.960. The summed E-state index contributed by atoms with van der Waals surface area (Å²) in [5.41, 5.74) is 0.715. The molecule has 0 saturated carbocycles. The van der Waals surface area contributed by atoms with E-state index in [1.165, 1.54) is 0 Å². The summed E-state index contributed by atoms with van der Waals surface area (Å²) in [6.45, 7) is 5.22. The topological polar surface area (TPSA) is 98.7 Å². The van der Waals surface area contributed by atoms with E-state index in [-0.39, 0.29) is 29.1 Å². The van der Waals surface area contributed by atoms with Crippen molar-refractivity contribution in [1.82, 2.24) is 10.2 Å². The van der Waals surface area contributed by atoms with Gasteiger partial charge in [-0.05, 0) is 51.2 Å². The number of fused-ring (bicyclic) bond motifs is 1. The quantitative estimate of drug-likeness (QED) is 0.454. The van der Waals surface area contributed by atoms with Crippen LogP contribution in [0, 0.1) is 11.8 Å². The van der Waals surface area contributed by atoms with Gasteiger partial charge in [-0.15, -0.1) is 11.8 Å². The molecular weight excluding hydrogens is 438 g/mol. The Morgan fingerprint density at radius 3 is 2.61 bits per heavy atom. The third-order valence-electron chi connectivity index (χ3n) is 7.49. The van der Waals surface area contributed by atoms with Crippen molar-refractivity contribution in [2.45, 2.75) is 67.9 Å². The molecule has 2 unspecified atom stereocenters. The fraction of sp³-hybridized carbons (Fsp3) is 0.640. The van der Waals surface area contributed by atoms with E-state index in [0.29, 0.717) is 31.6 Å². The average molecular weight is 474 g/mol. The number of nitrogens with zero attached hydrogens (tertiary/aromatic N) is 1. The standard InChI is InChI=1S/C25H35N3O4S/c1-3-4-14-26-22(31)20-25-13-12-24(2,33-25)18(21(30)27-17-10-6-5-7-11-17)19(25)23(32)28(20)15-8-9-16-29/h5-7,10-11,18-20,29H,3-4,8-9,12-16H2,1-2H3,(H,26,31)(H,27,30)/t18-,19-,20?,24+,25?/m0/s1. The highest BCUT2D eigenvalue weighted by Gasteiger charge is 2.76. The molecule has 1 aromatic carbocycles. The van der Waals surface area contributed by atoms with Crippen molar-refractivity contribution in [2.75, 3.05) is 25.0 Å². The molecule has 3 aliphatic heterocycles. The number of nitrogens with one attached hydrogen (secondary N) is 2. The summed E-state index contributed by atoms with van der Waals surface area (Å²) >= 11 is 1.69. The van der Waals surface area contributed by atoms with Gasteiger partial charge < -0.3 is 20.6 Å². The fourth-order valence-electron chi connectivity index (χ4n) is 5.99. The van der Waals surface area contributed by atoms with Crippen LogP contribution in [0.2, 0.25) is 0 Å². The minimum Gasteiger partial charge on any atom is -0.396 e. The van der Waals surface area contributed by atoms with Crippen molar-refractivity contribution in [1.29, 1.82) is 0 Å². The molecule has 1 aromatic rings. The zero-order valence-corrected chi connectivity index (χ0v) is 20.3. The molecule has 1 spiro atoms. The van der Waals surface area contributed by atoms with Gasteiger partial charge in [-0.2, -0.15) is 0 Å². The van der Waals surface area contributed by atoms with Gasteiger partial charge in [0.1, 0.15) is 6.04 Å². The number of benzene rings is 1. The van der Waals surface area contributed by atoms with Crippen LogP contribution in [-0.2, 0) is 14.4 Å². The number of hydrogen-bond donors (Lipinski definition) is 3. The van der Waals surface area contributed by atoms with Gasteiger partial charge >= 0.3 is 0 Å². The second-order valence-electron chi connectivity index (χ2n) is 9.69. The number of rotatable bonds is 10. The Morgan fingerprint density at radius 1 is 1.15 bits per heavy atom. The summed E-state index contributed by atoms with van der Waals surface area (Å²) in [7, 11) is 0. The molecule has 4 rings (SSSR count). The Labute approximate surface area is 200 Å². The first-order valence-corrected chi connectivity index (χ1v) is 12.9. The number of aliphatic hydroxyl groups excluding tert-OH is 1. The van der Waals surface area contributed by atoms with Crippen LogP contribution < -0.4 is 10.6 Å². The predicted octanol–water partition coefficient (Wildman–Crippen LogP) is 2.80. The lowest BCUT2D eigenvalue weighted by molar-refractivity contribution is -0.139. The predicted molar refractivity (Wildman–Crippen MR) is 130 cm³/mol. The van der Waals surface area contributed by atoms with E-state index < -0.39 is 22.6 Å². The summed E-state index contributed by atoms with van der Waals surface area (Å²) in [4.78, 5) is 42.5. The van der Waals surface area contributed by atoms with E-state index in [0.717, 1.165) is 25.7 Å². The van der Waals surface area contributed by atoms with Crippen LogP contribution >= 0.6 is 11.8 Å². The Morgan fingerprint density at radius 2 is 1.91 bits per heavy atom. The molecule has 33 heavy (non-hydrogen) atoms. The van der Waals surface area contributed by atoms with Gasteiger partial charge in [0.25, 0.3) is 0 Å². The number of aliphatic hydroxyl groups is 1. The van der Waals surface area contributed by atoms with Gasteiger partial charge in [-0.25, -0.2) is 0 Å². The number of carbonyl (C=O) groups excluding carboxylic acids is 3. The van der Waals surface area contributed by atoms with E-state index in [4.69, 9.17) is 0 Å². The maximum atomic E-state index is 13.8. The molecule has 2 bridgehead atoms. The number of anilines is 1. The summed E-state index contributed by atoms with van der Waals surface area (Å²) in [5, 5.41) is 15.3. The molecule has 3 heterocycles. The van der Waals surface area contributed by atoms with E-state index >= 15 is 0 Å². The Kier molecular flexibility index (Phi) is 7.05. The Balaban J connectivity index is 1.64. The summed E-state index contributed by atoms with van der Waals surface area (Å²) in [5.74, 6) is -1.34. The monoisotopic (exact) mass is 473 g/mol. The van der Waals surface area contributed by atoms with Gasteiger partial charge in [-0.3, -0.25) is 14.4 Å². The van der Waals surface area contributed by atoms with Crippen molar-refractivity contribution in [3.05, 3.63) is 30.3 Å². The molecule has 3 N–H and O–H groups in total. The molecular formula is C25H35N3O4S. The molecule has 3 aliphatic rings. The molecule has 3 amide bonds. The number of thioether (sulfide) groups is 1. The van der Waals surface area contributed by atoms with Crippen molar-refractivity contribution < 1.29 is 19.5 Å². The van der Waals surface area contributed by atoms with Crippen LogP contribution in [0.15, 0.2) is 30.3 Å². The van der Waals surface area contributed by atoms with E-state index in [1.54, 1.807) is 16.7 Å². The second kappa shape index (κ2) is 9.66. The van der Waals surface area contributed by atoms with E-state index in [9.17, 15) is 19.5 Å². The third kappa shape index (κ3) is 4.16. The minimum atomic E-state index is -0.583. The summed E-state index contributed by atoms with van der Waals surface area (Å²) in [6.07, 6.45) is 4.63. The second-order valence-corrected chi connectivity index (χ2v) is 11.6. The smallest absolute Gasteiger partial charge is 0.244 e. The maximum Gasteiger partial charge on any atom is 0.244 e. The zero-order chi connectivity index (χ0) is 23.6. The molecule has 0 aliphatic carbocycles. The van der Waals surface area contributed by atoms with E-state index in [1.807, 2.05) is 30.3 Å². The molecule has 7 nitrogen and oxygen atoms in total. The zero-order valence-electron chi connectivity index (χ0n) is 19.5. The first-order valence-electron chi connectivity index (χ1n) is 12.1. The minimum absolute atomic E-state index is 0.0545. The number of unbranched alkanes of at least 4 members (excludes halogenated alkanes) is 2. The van der Waals surface area contributed by atoms with Crippen molar-refractivity contribution >= 4 is 35.2 Å². The highest BCUT2D eigenvalue weighted by molar-refractivity contribution is 8.02. The lowest BCUT2D eigenvalue weighted by atomic mass is 9.66. The van der Waals surface area contributed by atoms with Gasteiger partial charge in [0, 0.05) is 30.1 Å². The molecule has 3 saturated heterocycles. The molecule has 8 heteroatoms. The van der Waals surface area contributed by atoms with Gasteiger partial charge in [0.05, 0.1) is 16.6 Å². The molecule has 3 fully saturated rings. The van der Waals surface area contributed by atoms with Crippen molar-refractivity contribution in [3.8, 4) is 0 Å². The highest BCUT2D eigenvalue weighted by atomic mass is 32.2. The maximum absolute atomic E-state index is 13.8. The van der Waals surface area contributed by atoms with Crippen LogP contribution in [0.1, 0.15) is 52.4 Å². The first-order chi connectivity index (χ1) is 15.9. The molecule has 0 radical (unpaired) electrons. The Bertz CT molecular complexity index is 897. The SMILES string of the molecule is CCCCNC(=O)C1N(CCCCO)C(=O)[C@@H]2[C@@H](C(=O)Nc3ccccc3)[C@@]3(C)CCC12S3. The van der Waals surface area contributed by atoms with Crippen LogP contribution in [0.25, 0.3) is 0 Å². The Hall–Kier alpha value is -2.06. The molecule has 0 aromatic heterocycles. The number of carbonyl (C=O) groups is 3. The number of amides is 3.